The molecule has 0 bridgehead atoms. The number of hydrogen-bond acceptors (Lipinski definition) is 2. The Balaban J connectivity index is 1.72. The number of anilines is 1. The van der Waals surface area contributed by atoms with Gasteiger partial charge in [-0.15, -0.1) is 0 Å². The van der Waals surface area contributed by atoms with Gasteiger partial charge in [-0.1, -0.05) is 18.9 Å². The van der Waals surface area contributed by atoms with Crippen molar-refractivity contribution in [1.82, 2.24) is 10.3 Å². The summed E-state index contributed by atoms with van der Waals surface area (Å²) in [6.07, 6.45) is 5.40. The van der Waals surface area contributed by atoms with Crippen LogP contribution in [0.2, 0.25) is 0 Å². The van der Waals surface area contributed by atoms with Gasteiger partial charge >= 0.3 is 0 Å². The van der Waals surface area contributed by atoms with Gasteiger partial charge in [0.25, 0.3) is 0 Å². The fraction of sp³-hybridized carbons (Fsp3) is 0.429. The summed E-state index contributed by atoms with van der Waals surface area (Å²) in [4.78, 5) is 3.42. The molecule has 0 unspecified atom stereocenters. The zero-order valence-corrected chi connectivity index (χ0v) is 10.00. The number of nitrogens with two attached hydrogens (primary N) is 1. The summed E-state index contributed by atoms with van der Waals surface area (Å²) in [6.45, 7) is 0.930. The molecule has 17 heavy (non-hydrogen) atoms. The van der Waals surface area contributed by atoms with E-state index in [1.807, 2.05) is 12.1 Å². The lowest BCUT2D eigenvalue weighted by Crippen LogP contribution is -2.25. The third kappa shape index (κ3) is 2.29. The number of aromatic nitrogens is 1. The predicted octanol–water partition coefficient (Wildman–Crippen LogP) is 2.78. The number of benzene rings is 1. The highest BCUT2D eigenvalue weighted by Gasteiger charge is 2.14. The topological polar surface area (TPSA) is 53.8 Å². The van der Waals surface area contributed by atoms with Crippen molar-refractivity contribution in [2.75, 3.05) is 5.73 Å². The quantitative estimate of drug-likeness (QED) is 0.709. The van der Waals surface area contributed by atoms with E-state index in [4.69, 9.17) is 5.73 Å². The molecule has 3 rings (SSSR count). The van der Waals surface area contributed by atoms with Crippen molar-refractivity contribution in [2.24, 2.45) is 0 Å². The molecule has 0 saturated heterocycles. The van der Waals surface area contributed by atoms with Crippen LogP contribution in [0.4, 0.5) is 5.69 Å². The first-order valence-electron chi connectivity index (χ1n) is 6.42. The second-order valence-electron chi connectivity index (χ2n) is 5.00. The monoisotopic (exact) mass is 229 g/mol. The van der Waals surface area contributed by atoms with Crippen LogP contribution in [0.1, 0.15) is 31.4 Å². The van der Waals surface area contributed by atoms with Gasteiger partial charge in [-0.2, -0.15) is 0 Å². The van der Waals surface area contributed by atoms with E-state index in [0.717, 1.165) is 17.7 Å². The largest absolute Gasteiger partial charge is 0.399 e. The number of H-pyrrole nitrogens is 1. The Morgan fingerprint density at radius 2 is 2.06 bits per heavy atom. The molecule has 0 amide bonds. The van der Waals surface area contributed by atoms with E-state index in [1.54, 1.807) is 0 Å². The smallest absolute Gasteiger partial charge is 0.0477 e. The van der Waals surface area contributed by atoms with E-state index < -0.39 is 0 Å². The molecule has 3 nitrogen and oxygen atoms in total. The van der Waals surface area contributed by atoms with Crippen LogP contribution >= 0.6 is 0 Å². The van der Waals surface area contributed by atoms with Crippen molar-refractivity contribution in [3.63, 3.8) is 0 Å². The molecule has 0 atom stereocenters. The van der Waals surface area contributed by atoms with Gasteiger partial charge in [-0.25, -0.2) is 0 Å². The Kier molecular flexibility index (Phi) is 2.77. The van der Waals surface area contributed by atoms with Gasteiger partial charge in [0, 0.05) is 29.5 Å². The van der Waals surface area contributed by atoms with E-state index in [0.29, 0.717) is 6.04 Å². The van der Waals surface area contributed by atoms with Gasteiger partial charge in [0.2, 0.25) is 0 Å². The molecular weight excluding hydrogens is 210 g/mol. The summed E-state index contributed by atoms with van der Waals surface area (Å²) in [5.74, 6) is 0. The third-order valence-electron chi connectivity index (χ3n) is 3.64. The van der Waals surface area contributed by atoms with Crippen molar-refractivity contribution in [2.45, 2.75) is 38.3 Å². The molecule has 0 radical (unpaired) electrons. The maximum atomic E-state index is 5.77. The maximum Gasteiger partial charge on any atom is 0.0477 e. The molecule has 0 aliphatic heterocycles. The van der Waals surface area contributed by atoms with Crippen molar-refractivity contribution in [1.29, 1.82) is 0 Å². The lowest BCUT2D eigenvalue weighted by molar-refractivity contribution is 0.520. The highest BCUT2D eigenvalue weighted by atomic mass is 14.9. The van der Waals surface area contributed by atoms with Crippen LogP contribution in [0, 0.1) is 0 Å². The first-order chi connectivity index (χ1) is 8.31. The molecule has 3 heteroatoms. The lowest BCUT2D eigenvalue weighted by Gasteiger charge is -2.10. The van der Waals surface area contributed by atoms with E-state index in [2.05, 4.69) is 22.4 Å². The number of nitrogen functional groups attached to an aromatic ring is 1. The Morgan fingerprint density at radius 3 is 2.88 bits per heavy atom. The molecule has 2 aromatic rings. The molecule has 1 aliphatic rings. The molecule has 0 spiro atoms. The van der Waals surface area contributed by atoms with E-state index in [1.165, 1.54) is 36.8 Å². The van der Waals surface area contributed by atoms with Gasteiger partial charge in [0.1, 0.15) is 0 Å². The summed E-state index contributed by atoms with van der Waals surface area (Å²) in [5, 5.41) is 4.85. The fourth-order valence-corrected chi connectivity index (χ4v) is 2.68. The number of aromatic amines is 1. The van der Waals surface area contributed by atoms with Crippen molar-refractivity contribution >= 4 is 16.6 Å². The Morgan fingerprint density at radius 1 is 1.24 bits per heavy atom. The van der Waals surface area contributed by atoms with Crippen molar-refractivity contribution < 1.29 is 0 Å². The average molecular weight is 229 g/mol. The standard InChI is InChI=1S/C14H19N3/c15-11-6-5-10-7-13(17-14(10)8-11)9-16-12-3-1-2-4-12/h5-8,12,16-17H,1-4,9,15H2. The number of fused-ring (bicyclic) bond motifs is 1. The maximum absolute atomic E-state index is 5.77. The SMILES string of the molecule is Nc1ccc2cc(CNC3CCCC3)[nH]c2c1. The molecule has 1 fully saturated rings. The average Bonchev–Trinajstić information content (AvgIpc) is 2.94. The van der Waals surface area contributed by atoms with Crippen LogP contribution in [-0.2, 0) is 6.54 Å². The number of nitrogens with one attached hydrogen (secondary N) is 2. The van der Waals surface area contributed by atoms with Crippen LogP contribution in [0.5, 0.6) is 0 Å². The molecule has 1 saturated carbocycles. The van der Waals surface area contributed by atoms with Gasteiger partial charge in [0.05, 0.1) is 0 Å². The van der Waals surface area contributed by atoms with E-state index in [9.17, 15) is 0 Å². The Hall–Kier alpha value is -1.48. The minimum atomic E-state index is 0.714. The zero-order chi connectivity index (χ0) is 11.7. The van der Waals surface area contributed by atoms with Gasteiger partial charge < -0.3 is 16.0 Å². The second-order valence-corrected chi connectivity index (χ2v) is 5.00. The molecule has 90 valence electrons. The van der Waals surface area contributed by atoms with Gasteiger partial charge in [-0.05, 0) is 36.4 Å². The first kappa shape index (κ1) is 10.7. The molecule has 4 N–H and O–H groups in total. The molecule has 1 aromatic heterocycles. The Bertz CT molecular complexity index is 509. The third-order valence-corrected chi connectivity index (χ3v) is 3.64. The van der Waals surface area contributed by atoms with E-state index >= 15 is 0 Å². The fourth-order valence-electron chi connectivity index (χ4n) is 2.68. The predicted molar refractivity (Wildman–Crippen MR) is 71.8 cm³/mol. The van der Waals surface area contributed by atoms with E-state index in [-0.39, 0.29) is 0 Å². The highest BCUT2D eigenvalue weighted by Crippen LogP contribution is 2.20. The van der Waals surface area contributed by atoms with Gasteiger partial charge in [0.15, 0.2) is 0 Å². The number of hydrogen-bond donors (Lipinski definition) is 3. The molecule has 1 aliphatic carbocycles. The van der Waals surface area contributed by atoms with Crippen molar-refractivity contribution in [3.8, 4) is 0 Å². The molecule has 1 heterocycles. The summed E-state index contributed by atoms with van der Waals surface area (Å²) >= 11 is 0. The Labute approximate surface area is 101 Å². The van der Waals surface area contributed by atoms with Crippen molar-refractivity contribution in [3.05, 3.63) is 30.0 Å². The minimum absolute atomic E-state index is 0.714. The summed E-state index contributed by atoms with van der Waals surface area (Å²) in [7, 11) is 0. The van der Waals surface area contributed by atoms with Crippen LogP contribution in [0.25, 0.3) is 10.9 Å². The normalized spacial score (nSPS) is 16.9. The van der Waals surface area contributed by atoms with Crippen LogP contribution in [0.15, 0.2) is 24.3 Å². The molecular formula is C14H19N3. The minimum Gasteiger partial charge on any atom is -0.399 e. The summed E-state index contributed by atoms with van der Waals surface area (Å²) in [5.41, 5.74) is 8.97. The second kappa shape index (κ2) is 4.41. The first-order valence-corrected chi connectivity index (χ1v) is 6.42. The highest BCUT2D eigenvalue weighted by molar-refractivity contribution is 5.83. The lowest BCUT2D eigenvalue weighted by atomic mass is 10.2. The number of rotatable bonds is 3. The summed E-state index contributed by atoms with van der Waals surface area (Å²) < 4.78 is 0. The van der Waals surface area contributed by atoms with Crippen LogP contribution in [-0.4, -0.2) is 11.0 Å². The summed E-state index contributed by atoms with van der Waals surface area (Å²) in [6, 6.07) is 8.93. The zero-order valence-electron chi connectivity index (χ0n) is 10.00. The van der Waals surface area contributed by atoms with Crippen LogP contribution < -0.4 is 11.1 Å². The van der Waals surface area contributed by atoms with Gasteiger partial charge in [-0.3, -0.25) is 0 Å². The molecule has 1 aromatic carbocycles. The van der Waals surface area contributed by atoms with Crippen LogP contribution in [0.3, 0.4) is 0 Å².